The summed E-state index contributed by atoms with van der Waals surface area (Å²) in [6.45, 7) is 3.26. The van der Waals surface area contributed by atoms with Crippen molar-refractivity contribution in [3.05, 3.63) is 12.0 Å². The molecule has 0 fully saturated rings. The Morgan fingerprint density at radius 2 is 2.25 bits per heavy atom. The molecule has 0 aliphatic rings. The fourth-order valence-corrected chi connectivity index (χ4v) is 1.23. The second-order valence-electron chi connectivity index (χ2n) is 3.40. The fourth-order valence-electron chi connectivity index (χ4n) is 1.23. The Bertz CT molecular complexity index is 413. The average Bonchev–Trinajstić information content (AvgIpc) is 2.56. The van der Waals surface area contributed by atoms with E-state index in [1.165, 1.54) is 17.8 Å². The van der Waals surface area contributed by atoms with Gasteiger partial charge in [0.1, 0.15) is 12.4 Å². The van der Waals surface area contributed by atoms with Gasteiger partial charge in [0.2, 0.25) is 0 Å². The lowest BCUT2D eigenvalue weighted by atomic mass is 10.3. The van der Waals surface area contributed by atoms with Crippen LogP contribution < -0.4 is 11.5 Å². The summed E-state index contributed by atoms with van der Waals surface area (Å²) in [7, 11) is 0. The Labute approximate surface area is 92.4 Å². The van der Waals surface area contributed by atoms with Crippen LogP contribution in [0, 0.1) is 0 Å². The van der Waals surface area contributed by atoms with Crippen LogP contribution in [0.2, 0.25) is 0 Å². The third-order valence-electron chi connectivity index (χ3n) is 2.07. The van der Waals surface area contributed by atoms with Crippen molar-refractivity contribution in [1.82, 2.24) is 9.55 Å². The molecule has 0 saturated carbocycles. The fraction of sp³-hybridized carbons (Fsp3) is 0.444. The molecule has 0 bridgehead atoms. The summed E-state index contributed by atoms with van der Waals surface area (Å²) in [5.74, 6) is -0.885. The summed E-state index contributed by atoms with van der Waals surface area (Å²) in [5.41, 5.74) is 10.8. The first kappa shape index (κ1) is 12.0. The first-order valence-corrected chi connectivity index (χ1v) is 4.69. The Balaban J connectivity index is 2.80. The van der Waals surface area contributed by atoms with E-state index < -0.39 is 5.91 Å². The highest BCUT2D eigenvalue weighted by atomic mass is 16.5. The summed E-state index contributed by atoms with van der Waals surface area (Å²) < 4.78 is 6.35. The van der Waals surface area contributed by atoms with Gasteiger partial charge in [0, 0.05) is 6.92 Å². The molecule has 0 aromatic carbocycles. The number of carbonyl (C=O) groups excluding carboxylic acids is 2. The highest BCUT2D eigenvalue weighted by molar-refractivity contribution is 5.95. The number of aromatic nitrogens is 2. The molecule has 1 rings (SSSR count). The predicted octanol–water partition coefficient (Wildman–Crippen LogP) is -0.312. The standard InChI is InChI=1S/C9H14N4O3/c1-5(3-16-6(2)14)13-4-12-7(8(13)10)9(11)15/h4-5H,3,10H2,1-2H3,(H2,11,15). The first-order valence-electron chi connectivity index (χ1n) is 4.69. The number of carbonyl (C=O) groups is 2. The topological polar surface area (TPSA) is 113 Å². The second-order valence-corrected chi connectivity index (χ2v) is 3.40. The van der Waals surface area contributed by atoms with Gasteiger partial charge in [-0.25, -0.2) is 4.98 Å². The van der Waals surface area contributed by atoms with Crippen molar-refractivity contribution < 1.29 is 14.3 Å². The molecule has 1 unspecified atom stereocenters. The van der Waals surface area contributed by atoms with Crippen LogP contribution in [0.3, 0.4) is 0 Å². The Morgan fingerprint density at radius 1 is 1.62 bits per heavy atom. The molecule has 88 valence electrons. The van der Waals surface area contributed by atoms with E-state index in [2.05, 4.69) is 4.98 Å². The van der Waals surface area contributed by atoms with Crippen molar-refractivity contribution in [1.29, 1.82) is 0 Å². The zero-order valence-corrected chi connectivity index (χ0v) is 9.14. The zero-order chi connectivity index (χ0) is 12.3. The Hall–Kier alpha value is -2.05. The lowest BCUT2D eigenvalue weighted by Crippen LogP contribution is -2.18. The normalized spacial score (nSPS) is 12.1. The number of rotatable bonds is 4. The van der Waals surface area contributed by atoms with Crippen LogP contribution in [0.15, 0.2) is 6.33 Å². The number of nitrogens with two attached hydrogens (primary N) is 2. The third-order valence-corrected chi connectivity index (χ3v) is 2.07. The predicted molar refractivity (Wildman–Crippen MR) is 56.5 cm³/mol. The van der Waals surface area contributed by atoms with Crippen LogP contribution in [0.1, 0.15) is 30.4 Å². The lowest BCUT2D eigenvalue weighted by molar-refractivity contribution is -0.141. The minimum absolute atomic E-state index is 0.0228. The highest BCUT2D eigenvalue weighted by Crippen LogP contribution is 2.16. The first-order chi connectivity index (χ1) is 7.43. The molecule has 16 heavy (non-hydrogen) atoms. The minimum Gasteiger partial charge on any atom is -0.464 e. The molecule has 1 heterocycles. The van der Waals surface area contributed by atoms with Crippen molar-refractivity contribution in [3.63, 3.8) is 0 Å². The van der Waals surface area contributed by atoms with E-state index in [4.69, 9.17) is 16.2 Å². The molecule has 7 heteroatoms. The molecule has 0 aliphatic carbocycles. The monoisotopic (exact) mass is 226 g/mol. The number of hydrogen-bond donors (Lipinski definition) is 2. The maximum absolute atomic E-state index is 10.9. The summed E-state index contributed by atoms with van der Waals surface area (Å²) >= 11 is 0. The van der Waals surface area contributed by atoms with E-state index in [1.807, 2.05) is 0 Å². The molecule has 1 amide bonds. The number of hydrogen-bond acceptors (Lipinski definition) is 5. The van der Waals surface area contributed by atoms with Gasteiger partial charge in [-0.1, -0.05) is 0 Å². The molecule has 1 atom stereocenters. The molecule has 1 aromatic rings. The smallest absolute Gasteiger partial charge is 0.302 e. The Kier molecular flexibility index (Phi) is 3.49. The van der Waals surface area contributed by atoms with E-state index in [0.29, 0.717) is 0 Å². The minimum atomic E-state index is -0.684. The van der Waals surface area contributed by atoms with Gasteiger partial charge in [-0.3, -0.25) is 9.59 Å². The van der Waals surface area contributed by atoms with Gasteiger partial charge < -0.3 is 20.8 Å². The van der Waals surface area contributed by atoms with Gasteiger partial charge in [-0.2, -0.15) is 0 Å². The summed E-state index contributed by atoms with van der Waals surface area (Å²) in [5, 5.41) is 0. The SMILES string of the molecule is CC(=O)OCC(C)n1cnc(C(N)=O)c1N. The molecular weight excluding hydrogens is 212 g/mol. The Morgan fingerprint density at radius 3 is 2.69 bits per heavy atom. The van der Waals surface area contributed by atoms with E-state index in [1.54, 1.807) is 6.92 Å². The molecule has 0 aliphatic heterocycles. The largest absolute Gasteiger partial charge is 0.464 e. The van der Waals surface area contributed by atoms with Crippen LogP contribution in [-0.2, 0) is 9.53 Å². The quantitative estimate of drug-likeness (QED) is 0.683. The number of anilines is 1. The van der Waals surface area contributed by atoms with Gasteiger partial charge in [-0.15, -0.1) is 0 Å². The molecule has 0 spiro atoms. The van der Waals surface area contributed by atoms with Gasteiger partial charge in [0.25, 0.3) is 5.91 Å². The van der Waals surface area contributed by atoms with Crippen LogP contribution >= 0.6 is 0 Å². The number of esters is 1. The molecule has 1 aromatic heterocycles. The van der Waals surface area contributed by atoms with Gasteiger partial charge >= 0.3 is 5.97 Å². The summed E-state index contributed by atoms with van der Waals surface area (Å²) in [6.07, 6.45) is 1.39. The number of amides is 1. The number of nitrogens with zero attached hydrogens (tertiary/aromatic N) is 2. The van der Waals surface area contributed by atoms with Crippen molar-refractivity contribution >= 4 is 17.7 Å². The van der Waals surface area contributed by atoms with Gasteiger partial charge in [-0.05, 0) is 6.92 Å². The average molecular weight is 226 g/mol. The number of imidazole rings is 1. The summed E-state index contributed by atoms with van der Waals surface area (Å²) in [4.78, 5) is 25.3. The van der Waals surface area contributed by atoms with Gasteiger partial charge in [0.05, 0.1) is 12.4 Å². The highest BCUT2D eigenvalue weighted by Gasteiger charge is 2.16. The van der Waals surface area contributed by atoms with Crippen LogP contribution in [0.4, 0.5) is 5.82 Å². The maximum Gasteiger partial charge on any atom is 0.302 e. The lowest BCUT2D eigenvalue weighted by Gasteiger charge is -2.14. The second kappa shape index (κ2) is 4.65. The molecule has 4 N–H and O–H groups in total. The third kappa shape index (κ3) is 2.50. The van der Waals surface area contributed by atoms with Crippen LogP contribution in [0.25, 0.3) is 0 Å². The number of nitrogen functional groups attached to an aromatic ring is 1. The van der Waals surface area contributed by atoms with Crippen LogP contribution in [-0.4, -0.2) is 28.0 Å². The van der Waals surface area contributed by atoms with Crippen molar-refractivity contribution in [2.75, 3.05) is 12.3 Å². The van der Waals surface area contributed by atoms with Crippen molar-refractivity contribution in [2.45, 2.75) is 19.9 Å². The summed E-state index contributed by atoms with van der Waals surface area (Å²) in [6, 6.07) is -0.204. The zero-order valence-electron chi connectivity index (χ0n) is 9.14. The van der Waals surface area contributed by atoms with Crippen molar-refractivity contribution in [3.8, 4) is 0 Å². The maximum atomic E-state index is 10.9. The van der Waals surface area contributed by atoms with E-state index in [9.17, 15) is 9.59 Å². The van der Waals surface area contributed by atoms with Gasteiger partial charge in [0.15, 0.2) is 5.69 Å². The number of ether oxygens (including phenoxy) is 1. The molecule has 7 nitrogen and oxygen atoms in total. The molecule has 0 saturated heterocycles. The van der Waals surface area contributed by atoms with E-state index >= 15 is 0 Å². The molecular formula is C9H14N4O3. The van der Waals surface area contributed by atoms with E-state index in [0.717, 1.165) is 0 Å². The number of primary amides is 1. The van der Waals surface area contributed by atoms with Crippen molar-refractivity contribution in [2.24, 2.45) is 5.73 Å². The van der Waals surface area contributed by atoms with E-state index in [-0.39, 0.29) is 30.1 Å². The van der Waals surface area contributed by atoms with Crippen LogP contribution in [0.5, 0.6) is 0 Å². The molecule has 0 radical (unpaired) electrons.